The predicted octanol–water partition coefficient (Wildman–Crippen LogP) is 2.32. The lowest BCUT2D eigenvalue weighted by atomic mass is 9.81. The first-order valence-electron chi connectivity index (χ1n) is 3.87. The van der Waals surface area contributed by atoms with Gasteiger partial charge in [-0.05, 0) is 0 Å². The Morgan fingerprint density at radius 2 is 2.23 bits per heavy atom. The minimum Gasteiger partial charge on any atom is -0.339 e. The van der Waals surface area contributed by atoms with Crippen molar-refractivity contribution in [1.82, 2.24) is 10.1 Å². The van der Waals surface area contributed by atoms with Crippen molar-refractivity contribution in [1.29, 1.82) is 0 Å². The van der Waals surface area contributed by atoms with Crippen molar-refractivity contribution in [2.24, 2.45) is 0 Å². The second kappa shape index (κ2) is 2.90. The summed E-state index contributed by atoms with van der Waals surface area (Å²) in [5.41, 5.74) is 0. The van der Waals surface area contributed by atoms with Gasteiger partial charge in [-0.3, -0.25) is 0 Å². The summed E-state index contributed by atoms with van der Waals surface area (Å²) in [4.78, 5) is 3.87. The van der Waals surface area contributed by atoms with E-state index in [1.54, 1.807) is 0 Å². The van der Waals surface area contributed by atoms with Gasteiger partial charge in [0, 0.05) is 18.8 Å². The third kappa shape index (κ3) is 1.65. The number of aromatic nitrogens is 2. The van der Waals surface area contributed by atoms with Crippen LogP contribution in [0.2, 0.25) is 0 Å². The van der Waals surface area contributed by atoms with Crippen molar-refractivity contribution in [3.05, 3.63) is 11.7 Å². The fourth-order valence-electron chi connectivity index (χ4n) is 1.32. The van der Waals surface area contributed by atoms with Gasteiger partial charge in [0.1, 0.15) is 0 Å². The Morgan fingerprint density at radius 1 is 1.54 bits per heavy atom. The summed E-state index contributed by atoms with van der Waals surface area (Å²) in [5.74, 6) is -2.07. The van der Waals surface area contributed by atoms with Gasteiger partial charge in [-0.25, -0.2) is 8.78 Å². The third-order valence-electron chi connectivity index (χ3n) is 2.04. The molecule has 0 bridgehead atoms. The molecule has 6 heteroatoms. The molecule has 0 N–H and O–H groups in total. The van der Waals surface area contributed by atoms with E-state index in [4.69, 9.17) is 16.1 Å². The normalized spacial score (nSPS) is 21.5. The van der Waals surface area contributed by atoms with Crippen molar-refractivity contribution >= 4 is 11.6 Å². The molecule has 2 rings (SSSR count). The van der Waals surface area contributed by atoms with Crippen molar-refractivity contribution in [3.8, 4) is 0 Å². The van der Waals surface area contributed by atoms with E-state index in [0.29, 0.717) is 5.82 Å². The number of nitrogens with zero attached hydrogens (tertiary/aromatic N) is 2. The molecule has 1 aliphatic carbocycles. The highest BCUT2D eigenvalue weighted by molar-refractivity contribution is 6.16. The molecule has 0 radical (unpaired) electrons. The average Bonchev–Trinajstić information content (AvgIpc) is 2.47. The van der Waals surface area contributed by atoms with Crippen molar-refractivity contribution in [2.45, 2.75) is 30.6 Å². The number of alkyl halides is 3. The first-order valence-corrected chi connectivity index (χ1v) is 4.40. The SMILES string of the molecule is FC1(F)CC(c2nc(CCl)no2)C1. The molecule has 1 saturated carbocycles. The van der Waals surface area contributed by atoms with E-state index in [1.165, 1.54) is 0 Å². The Bertz CT molecular complexity index is 307. The Balaban J connectivity index is 2.03. The van der Waals surface area contributed by atoms with Crippen LogP contribution >= 0.6 is 11.6 Å². The average molecular weight is 209 g/mol. The highest BCUT2D eigenvalue weighted by atomic mass is 35.5. The molecule has 1 aromatic heterocycles. The molecule has 13 heavy (non-hydrogen) atoms. The quantitative estimate of drug-likeness (QED) is 0.701. The molecule has 0 spiro atoms. The van der Waals surface area contributed by atoms with Gasteiger partial charge in [-0.15, -0.1) is 11.6 Å². The van der Waals surface area contributed by atoms with Gasteiger partial charge < -0.3 is 4.52 Å². The first kappa shape index (κ1) is 8.87. The van der Waals surface area contributed by atoms with E-state index in [1.807, 2.05) is 0 Å². The largest absolute Gasteiger partial charge is 0.339 e. The molecule has 0 atom stereocenters. The van der Waals surface area contributed by atoms with Crippen LogP contribution in [0.5, 0.6) is 0 Å². The van der Waals surface area contributed by atoms with E-state index >= 15 is 0 Å². The topological polar surface area (TPSA) is 38.9 Å². The molecule has 1 heterocycles. The summed E-state index contributed by atoms with van der Waals surface area (Å²) < 4.78 is 29.7. The number of rotatable bonds is 2. The van der Waals surface area contributed by atoms with Gasteiger partial charge in [0.2, 0.25) is 11.8 Å². The molecule has 0 unspecified atom stereocenters. The van der Waals surface area contributed by atoms with E-state index in [-0.39, 0.29) is 30.5 Å². The lowest BCUT2D eigenvalue weighted by molar-refractivity contribution is -0.0925. The maximum Gasteiger partial charge on any atom is 0.249 e. The number of hydrogen-bond acceptors (Lipinski definition) is 3. The summed E-state index contributed by atoms with van der Waals surface area (Å²) >= 11 is 5.43. The zero-order valence-electron chi connectivity index (χ0n) is 6.64. The van der Waals surface area contributed by atoms with Crippen molar-refractivity contribution in [3.63, 3.8) is 0 Å². The maximum absolute atomic E-state index is 12.4. The lowest BCUT2D eigenvalue weighted by Gasteiger charge is -2.31. The van der Waals surface area contributed by atoms with Crippen LogP contribution in [0.4, 0.5) is 8.78 Å². The molecule has 1 fully saturated rings. The highest BCUT2D eigenvalue weighted by Crippen LogP contribution is 2.47. The molecular formula is C7H7ClF2N2O. The fourth-order valence-corrected chi connectivity index (χ4v) is 1.43. The summed E-state index contributed by atoms with van der Waals surface area (Å²) in [6, 6.07) is 0. The fraction of sp³-hybridized carbons (Fsp3) is 0.714. The molecule has 72 valence electrons. The van der Waals surface area contributed by atoms with Crippen LogP contribution in [0.3, 0.4) is 0 Å². The Labute approximate surface area is 78.1 Å². The molecule has 0 aromatic carbocycles. The third-order valence-corrected chi connectivity index (χ3v) is 2.28. The smallest absolute Gasteiger partial charge is 0.249 e. The first-order chi connectivity index (χ1) is 6.11. The van der Waals surface area contributed by atoms with Crippen LogP contribution in [-0.4, -0.2) is 16.1 Å². The van der Waals surface area contributed by atoms with Gasteiger partial charge in [0.15, 0.2) is 5.82 Å². The Hall–Kier alpha value is -0.710. The number of hydrogen-bond donors (Lipinski definition) is 0. The zero-order chi connectivity index (χ0) is 9.47. The monoisotopic (exact) mass is 208 g/mol. The second-order valence-electron chi connectivity index (χ2n) is 3.14. The van der Waals surface area contributed by atoms with E-state index in [9.17, 15) is 8.78 Å². The van der Waals surface area contributed by atoms with Gasteiger partial charge in [0.25, 0.3) is 0 Å². The molecule has 1 aromatic rings. The molecule has 3 nitrogen and oxygen atoms in total. The summed E-state index contributed by atoms with van der Waals surface area (Å²) in [6.07, 6.45) is -0.395. The van der Waals surface area contributed by atoms with E-state index in [0.717, 1.165) is 0 Å². The molecule has 0 aliphatic heterocycles. The Morgan fingerprint density at radius 3 is 2.69 bits per heavy atom. The summed E-state index contributed by atoms with van der Waals surface area (Å²) in [5, 5.41) is 3.52. The summed E-state index contributed by atoms with van der Waals surface area (Å²) in [7, 11) is 0. The van der Waals surface area contributed by atoms with Crippen LogP contribution in [0.25, 0.3) is 0 Å². The van der Waals surface area contributed by atoms with Crippen molar-refractivity contribution in [2.75, 3.05) is 0 Å². The van der Waals surface area contributed by atoms with Crippen LogP contribution in [-0.2, 0) is 5.88 Å². The minimum absolute atomic E-state index is 0.145. The summed E-state index contributed by atoms with van der Waals surface area (Å²) in [6.45, 7) is 0. The maximum atomic E-state index is 12.4. The van der Waals surface area contributed by atoms with E-state index < -0.39 is 5.92 Å². The minimum atomic E-state index is -2.56. The van der Waals surface area contributed by atoms with Gasteiger partial charge in [0.05, 0.1) is 5.88 Å². The van der Waals surface area contributed by atoms with Gasteiger partial charge >= 0.3 is 0 Å². The van der Waals surface area contributed by atoms with Gasteiger partial charge in [-0.1, -0.05) is 5.16 Å². The molecule has 0 amide bonds. The lowest BCUT2D eigenvalue weighted by Crippen LogP contribution is -2.33. The van der Waals surface area contributed by atoms with Gasteiger partial charge in [-0.2, -0.15) is 4.98 Å². The number of halogens is 3. The van der Waals surface area contributed by atoms with Crippen LogP contribution in [0.15, 0.2) is 4.52 Å². The Kier molecular flexibility index (Phi) is 1.98. The van der Waals surface area contributed by atoms with E-state index in [2.05, 4.69) is 10.1 Å². The molecule has 0 saturated heterocycles. The molecular weight excluding hydrogens is 202 g/mol. The standard InChI is InChI=1S/C7H7ClF2N2O/c8-3-5-11-6(13-12-5)4-1-7(9,10)2-4/h4H,1-3H2. The zero-order valence-corrected chi connectivity index (χ0v) is 7.39. The van der Waals surface area contributed by atoms with Crippen molar-refractivity contribution < 1.29 is 13.3 Å². The van der Waals surface area contributed by atoms with Crippen LogP contribution in [0, 0.1) is 0 Å². The molecule has 1 aliphatic rings. The highest BCUT2D eigenvalue weighted by Gasteiger charge is 2.48. The predicted molar refractivity (Wildman–Crippen MR) is 40.8 cm³/mol. The second-order valence-corrected chi connectivity index (χ2v) is 3.41. The van der Waals surface area contributed by atoms with Crippen LogP contribution in [0.1, 0.15) is 30.5 Å². The van der Waals surface area contributed by atoms with Crippen LogP contribution < -0.4 is 0 Å².